The molecule has 0 unspecified atom stereocenters. The van der Waals surface area contributed by atoms with Crippen LogP contribution in [0.4, 0.5) is 0 Å². The summed E-state index contributed by atoms with van der Waals surface area (Å²) in [6.07, 6.45) is 4.19. The van der Waals surface area contributed by atoms with Crippen LogP contribution in [0.2, 0.25) is 0 Å². The molecule has 0 aliphatic rings. The Kier molecular flexibility index (Phi) is 7.11. The van der Waals surface area contributed by atoms with Gasteiger partial charge in [-0.05, 0) is 29.7 Å². The SMILES string of the molecule is C[n+]1ccccc1-c1cccc2cccc(-c3cccc[n+]3C)c12.[I-].[I-]. The van der Waals surface area contributed by atoms with Crippen LogP contribution in [-0.2, 0) is 14.1 Å². The van der Waals surface area contributed by atoms with Crippen LogP contribution in [-0.4, -0.2) is 0 Å². The summed E-state index contributed by atoms with van der Waals surface area (Å²) in [4.78, 5) is 0. The highest BCUT2D eigenvalue weighted by Gasteiger charge is 2.18. The fraction of sp³-hybridized carbons (Fsp3) is 0.0909. The number of pyridine rings is 2. The lowest BCUT2D eigenvalue weighted by Gasteiger charge is -2.09. The van der Waals surface area contributed by atoms with Gasteiger partial charge in [-0.25, -0.2) is 9.13 Å². The van der Waals surface area contributed by atoms with Crippen LogP contribution in [0.5, 0.6) is 0 Å². The van der Waals surface area contributed by atoms with Crippen molar-refractivity contribution in [2.24, 2.45) is 14.1 Å². The Hall–Kier alpha value is -1.54. The molecule has 132 valence electrons. The fourth-order valence-electron chi connectivity index (χ4n) is 3.37. The number of aromatic nitrogens is 2. The molecule has 0 amide bonds. The summed E-state index contributed by atoms with van der Waals surface area (Å²) in [5, 5.41) is 2.56. The summed E-state index contributed by atoms with van der Waals surface area (Å²) in [5.41, 5.74) is 4.95. The molecule has 2 nitrogen and oxygen atoms in total. The number of aryl methyl sites for hydroxylation is 2. The minimum atomic E-state index is 0. The molecule has 0 aliphatic carbocycles. The number of hydrogen-bond acceptors (Lipinski definition) is 0. The maximum absolute atomic E-state index is 2.21. The van der Waals surface area contributed by atoms with Gasteiger partial charge in [0.05, 0.1) is 11.1 Å². The molecule has 0 bridgehead atoms. The van der Waals surface area contributed by atoms with E-state index >= 15 is 0 Å². The quantitative estimate of drug-likeness (QED) is 0.193. The van der Waals surface area contributed by atoms with Gasteiger partial charge in [0.2, 0.25) is 11.4 Å². The highest BCUT2D eigenvalue weighted by molar-refractivity contribution is 6.04. The molecule has 2 heterocycles. The van der Waals surface area contributed by atoms with Crippen LogP contribution in [0.3, 0.4) is 0 Å². The van der Waals surface area contributed by atoms with Crippen molar-refractivity contribution in [1.29, 1.82) is 0 Å². The van der Waals surface area contributed by atoms with E-state index in [1.807, 2.05) is 0 Å². The highest BCUT2D eigenvalue weighted by atomic mass is 127. The lowest BCUT2D eigenvalue weighted by molar-refractivity contribution is -0.660. The monoisotopic (exact) mass is 566 g/mol. The zero-order valence-electron chi connectivity index (χ0n) is 14.7. The van der Waals surface area contributed by atoms with Gasteiger partial charge in [-0.3, -0.25) is 0 Å². The maximum Gasteiger partial charge on any atom is 0.212 e. The van der Waals surface area contributed by atoms with Crippen molar-refractivity contribution in [3.63, 3.8) is 0 Å². The van der Waals surface area contributed by atoms with E-state index in [0.29, 0.717) is 0 Å². The van der Waals surface area contributed by atoms with Gasteiger partial charge < -0.3 is 48.0 Å². The first-order valence-corrected chi connectivity index (χ1v) is 8.17. The fourth-order valence-corrected chi connectivity index (χ4v) is 3.37. The first kappa shape index (κ1) is 20.8. The molecule has 0 fully saturated rings. The van der Waals surface area contributed by atoms with Gasteiger partial charge in [-0.15, -0.1) is 0 Å². The zero-order valence-corrected chi connectivity index (χ0v) is 19.0. The third-order valence-corrected chi connectivity index (χ3v) is 4.57. The number of benzene rings is 2. The third kappa shape index (κ3) is 3.76. The predicted molar refractivity (Wildman–Crippen MR) is 97.2 cm³/mol. The Morgan fingerprint density at radius 3 is 1.42 bits per heavy atom. The van der Waals surface area contributed by atoms with Crippen LogP contribution >= 0.6 is 0 Å². The van der Waals surface area contributed by atoms with Crippen molar-refractivity contribution in [3.8, 4) is 22.5 Å². The van der Waals surface area contributed by atoms with Crippen molar-refractivity contribution in [2.75, 3.05) is 0 Å². The van der Waals surface area contributed by atoms with E-state index < -0.39 is 0 Å². The largest absolute Gasteiger partial charge is 1.00 e. The summed E-state index contributed by atoms with van der Waals surface area (Å²) in [7, 11) is 4.19. The molecule has 0 atom stereocenters. The van der Waals surface area contributed by atoms with Gasteiger partial charge in [0, 0.05) is 29.7 Å². The first-order valence-electron chi connectivity index (χ1n) is 8.17. The molecule has 0 radical (unpaired) electrons. The predicted octanol–water partition coefficient (Wildman–Crippen LogP) is -2.17. The van der Waals surface area contributed by atoms with E-state index in [4.69, 9.17) is 0 Å². The molecular formula is C22H20I2N2. The van der Waals surface area contributed by atoms with Crippen molar-refractivity contribution in [2.45, 2.75) is 0 Å². The smallest absolute Gasteiger partial charge is 0.212 e. The maximum atomic E-state index is 2.21. The standard InChI is InChI=1S/C22H20N2.2HI/c1-23-15-5-3-13-20(23)18-11-7-9-17-10-8-12-19(22(17)18)21-14-4-6-16-24(21)2;;/h3-16H,1-2H3;2*1H/q+2;;/p-2. The molecule has 0 N–H and O–H groups in total. The second-order valence-corrected chi connectivity index (χ2v) is 6.10. The van der Waals surface area contributed by atoms with Gasteiger partial charge in [-0.1, -0.05) is 24.3 Å². The minimum Gasteiger partial charge on any atom is -1.00 e. The van der Waals surface area contributed by atoms with Crippen LogP contribution < -0.4 is 57.1 Å². The summed E-state index contributed by atoms with van der Waals surface area (Å²) >= 11 is 0. The van der Waals surface area contributed by atoms with Crippen LogP contribution in [0.1, 0.15) is 0 Å². The number of rotatable bonds is 2. The van der Waals surface area contributed by atoms with E-state index in [1.54, 1.807) is 0 Å². The van der Waals surface area contributed by atoms with Crippen molar-refractivity contribution in [1.82, 2.24) is 0 Å². The molecule has 26 heavy (non-hydrogen) atoms. The van der Waals surface area contributed by atoms with E-state index in [1.165, 1.54) is 33.3 Å². The molecule has 0 aliphatic heterocycles. The summed E-state index contributed by atoms with van der Waals surface area (Å²) < 4.78 is 4.35. The van der Waals surface area contributed by atoms with Crippen molar-refractivity contribution >= 4 is 10.8 Å². The van der Waals surface area contributed by atoms with Crippen LogP contribution in [0.15, 0.2) is 85.2 Å². The molecule has 2 aromatic heterocycles. The van der Waals surface area contributed by atoms with Gasteiger partial charge in [-0.2, -0.15) is 0 Å². The summed E-state index contributed by atoms with van der Waals surface area (Å²) in [6.45, 7) is 0. The highest BCUT2D eigenvalue weighted by Crippen LogP contribution is 2.34. The lowest BCUT2D eigenvalue weighted by atomic mass is 9.95. The molecular weight excluding hydrogens is 546 g/mol. The first-order chi connectivity index (χ1) is 11.8. The van der Waals surface area contributed by atoms with Crippen LogP contribution in [0.25, 0.3) is 33.3 Å². The van der Waals surface area contributed by atoms with Crippen molar-refractivity contribution < 1.29 is 57.1 Å². The Morgan fingerprint density at radius 2 is 1.00 bits per heavy atom. The van der Waals surface area contributed by atoms with E-state index in [-0.39, 0.29) is 48.0 Å². The number of fused-ring (bicyclic) bond motifs is 1. The van der Waals surface area contributed by atoms with E-state index in [9.17, 15) is 0 Å². The summed E-state index contributed by atoms with van der Waals surface area (Å²) in [5.74, 6) is 0. The zero-order chi connectivity index (χ0) is 16.5. The average molecular weight is 566 g/mol. The lowest BCUT2D eigenvalue weighted by Crippen LogP contribution is -3.00. The van der Waals surface area contributed by atoms with Gasteiger partial charge in [0.15, 0.2) is 12.4 Å². The van der Waals surface area contributed by atoms with Gasteiger partial charge in [0.1, 0.15) is 14.1 Å². The number of nitrogens with zero attached hydrogens (tertiary/aromatic N) is 2. The third-order valence-electron chi connectivity index (χ3n) is 4.57. The van der Waals surface area contributed by atoms with Crippen LogP contribution in [0, 0.1) is 0 Å². The Morgan fingerprint density at radius 1 is 0.538 bits per heavy atom. The normalized spacial score (nSPS) is 10.1. The molecule has 4 heteroatoms. The minimum absolute atomic E-state index is 0. The molecule has 2 aromatic carbocycles. The van der Waals surface area contributed by atoms with E-state index in [2.05, 4.69) is 108 Å². The second-order valence-electron chi connectivity index (χ2n) is 6.10. The Balaban J connectivity index is 0.00000121. The van der Waals surface area contributed by atoms with Gasteiger partial charge in [0.25, 0.3) is 0 Å². The number of halogens is 2. The molecule has 0 saturated heterocycles. The second kappa shape index (κ2) is 8.90. The average Bonchev–Trinajstić information content (AvgIpc) is 2.62. The molecule has 4 aromatic rings. The molecule has 4 rings (SSSR count). The van der Waals surface area contributed by atoms with E-state index in [0.717, 1.165) is 0 Å². The van der Waals surface area contributed by atoms with Crippen molar-refractivity contribution in [3.05, 3.63) is 85.2 Å². The Bertz CT molecular complexity index is 965. The van der Waals surface area contributed by atoms with Gasteiger partial charge >= 0.3 is 0 Å². The molecule has 0 saturated carbocycles. The molecule has 0 spiro atoms. The Labute approximate surface area is 188 Å². The number of hydrogen-bond donors (Lipinski definition) is 0. The summed E-state index contributed by atoms with van der Waals surface area (Å²) in [6, 6.07) is 25.8. The topological polar surface area (TPSA) is 7.76 Å².